The first-order valence-corrected chi connectivity index (χ1v) is 14.4. The molecule has 0 radical (unpaired) electrons. The number of fused-ring (bicyclic) bond motifs is 1. The van der Waals surface area contributed by atoms with Gasteiger partial charge in [0.25, 0.3) is 0 Å². The topological polar surface area (TPSA) is 118 Å². The summed E-state index contributed by atoms with van der Waals surface area (Å²) in [5.41, 5.74) is -0.105. The van der Waals surface area contributed by atoms with E-state index in [1.54, 1.807) is 22.8 Å². The van der Waals surface area contributed by atoms with Crippen LogP contribution in [0.25, 0.3) is 0 Å². The lowest BCUT2D eigenvalue weighted by Crippen LogP contribution is -2.52. The van der Waals surface area contributed by atoms with Crippen LogP contribution in [-0.2, 0) is 40.6 Å². The number of carboxylic acids is 1. The van der Waals surface area contributed by atoms with Gasteiger partial charge in [0.1, 0.15) is 18.1 Å². The summed E-state index contributed by atoms with van der Waals surface area (Å²) in [6.07, 6.45) is -0.817. The molecule has 1 aromatic heterocycles. The highest BCUT2D eigenvalue weighted by molar-refractivity contribution is 5.88. The molecule has 0 unspecified atom stereocenters. The van der Waals surface area contributed by atoms with Crippen molar-refractivity contribution in [2.45, 2.75) is 77.6 Å². The molecule has 5 rings (SSSR count). The molecule has 1 aromatic carbocycles. The Morgan fingerprint density at radius 2 is 1.93 bits per heavy atom. The van der Waals surface area contributed by atoms with Crippen LogP contribution in [0, 0.1) is 18.3 Å². The number of nitrogens with zero attached hydrogens (tertiary/aromatic N) is 5. The number of alkyl halides is 3. The Hall–Kier alpha value is -3.64. The number of carbonyl (C=O) groups is 3. The van der Waals surface area contributed by atoms with E-state index in [0.29, 0.717) is 61.2 Å². The van der Waals surface area contributed by atoms with Gasteiger partial charge in [-0.25, -0.2) is 4.68 Å². The number of hydrogen-bond donors (Lipinski definition) is 1. The SMILES string of the molecule is Cc1ccc(OCc2nnn(C)c2C(F)(F)F)c2c1CCN(C(=O)[C@@H]1CCCC[C@]1(C)C(=O)O)[C@@H]2CN1CCCC1=O. The van der Waals surface area contributed by atoms with Crippen LogP contribution in [0.15, 0.2) is 12.1 Å². The number of aromatic nitrogens is 3. The Kier molecular flexibility index (Phi) is 7.97. The number of amides is 2. The number of benzene rings is 1. The number of halogens is 3. The summed E-state index contributed by atoms with van der Waals surface area (Å²) in [6, 6.07) is 2.85. The highest BCUT2D eigenvalue weighted by Crippen LogP contribution is 2.46. The first-order chi connectivity index (χ1) is 19.8. The van der Waals surface area contributed by atoms with Crippen molar-refractivity contribution in [2.75, 3.05) is 19.6 Å². The molecule has 1 saturated heterocycles. The van der Waals surface area contributed by atoms with Gasteiger partial charge in [0.15, 0.2) is 5.69 Å². The molecule has 42 heavy (non-hydrogen) atoms. The van der Waals surface area contributed by atoms with E-state index in [1.165, 1.54) is 0 Å². The van der Waals surface area contributed by atoms with Crippen LogP contribution in [0.4, 0.5) is 13.2 Å². The fourth-order valence-corrected chi connectivity index (χ4v) is 6.85. The van der Waals surface area contributed by atoms with Crippen molar-refractivity contribution in [3.63, 3.8) is 0 Å². The van der Waals surface area contributed by atoms with E-state index in [9.17, 15) is 32.7 Å². The highest BCUT2D eigenvalue weighted by Gasteiger charge is 2.50. The number of aryl methyl sites for hydroxylation is 2. The lowest BCUT2D eigenvalue weighted by atomic mass is 9.66. The van der Waals surface area contributed by atoms with Gasteiger partial charge >= 0.3 is 12.1 Å². The minimum atomic E-state index is -4.68. The Morgan fingerprint density at radius 3 is 2.60 bits per heavy atom. The van der Waals surface area contributed by atoms with Crippen molar-refractivity contribution in [3.05, 3.63) is 40.2 Å². The first kappa shape index (κ1) is 29.8. The quantitative estimate of drug-likeness (QED) is 0.516. The van der Waals surface area contributed by atoms with E-state index in [1.807, 2.05) is 13.0 Å². The summed E-state index contributed by atoms with van der Waals surface area (Å²) in [5, 5.41) is 17.3. The van der Waals surface area contributed by atoms with Gasteiger partial charge in [0, 0.05) is 38.7 Å². The monoisotopic (exact) mass is 591 g/mol. The second kappa shape index (κ2) is 11.2. The maximum atomic E-state index is 14.3. The predicted molar refractivity (Wildman–Crippen MR) is 143 cm³/mol. The average Bonchev–Trinajstić information content (AvgIpc) is 3.52. The number of likely N-dealkylation sites (tertiary alicyclic amines) is 1. The van der Waals surface area contributed by atoms with Crippen LogP contribution in [-0.4, -0.2) is 67.3 Å². The first-order valence-electron chi connectivity index (χ1n) is 14.4. The van der Waals surface area contributed by atoms with Crippen LogP contribution in [0.1, 0.15) is 79.6 Å². The summed E-state index contributed by atoms with van der Waals surface area (Å²) < 4.78 is 47.7. The molecule has 0 bridgehead atoms. The molecular weight excluding hydrogens is 555 g/mol. The van der Waals surface area contributed by atoms with Crippen molar-refractivity contribution in [1.82, 2.24) is 24.8 Å². The van der Waals surface area contributed by atoms with Crippen LogP contribution in [0.3, 0.4) is 0 Å². The van der Waals surface area contributed by atoms with Gasteiger partial charge in [0.2, 0.25) is 11.8 Å². The van der Waals surface area contributed by atoms with Crippen molar-refractivity contribution >= 4 is 17.8 Å². The molecule has 0 spiro atoms. The minimum absolute atomic E-state index is 0.0351. The van der Waals surface area contributed by atoms with E-state index in [-0.39, 0.29) is 24.1 Å². The molecule has 3 atom stereocenters. The van der Waals surface area contributed by atoms with E-state index >= 15 is 0 Å². The van der Waals surface area contributed by atoms with Gasteiger partial charge in [-0.15, -0.1) is 5.10 Å². The molecule has 2 aliphatic heterocycles. The smallest absolute Gasteiger partial charge is 0.435 e. The molecule has 1 aliphatic carbocycles. The molecule has 228 valence electrons. The van der Waals surface area contributed by atoms with Crippen LogP contribution in [0.5, 0.6) is 5.75 Å². The Balaban J connectivity index is 1.54. The van der Waals surface area contributed by atoms with Gasteiger partial charge < -0.3 is 19.6 Å². The summed E-state index contributed by atoms with van der Waals surface area (Å²) >= 11 is 0. The Morgan fingerprint density at radius 1 is 1.17 bits per heavy atom. The number of rotatable bonds is 7. The van der Waals surface area contributed by atoms with Crippen molar-refractivity contribution in [1.29, 1.82) is 0 Å². The van der Waals surface area contributed by atoms with Gasteiger partial charge in [0.05, 0.1) is 17.4 Å². The van der Waals surface area contributed by atoms with Crippen LogP contribution in [0.2, 0.25) is 0 Å². The third-order valence-electron chi connectivity index (χ3n) is 9.24. The van der Waals surface area contributed by atoms with Crippen LogP contribution >= 0.6 is 0 Å². The molecule has 3 heterocycles. The zero-order chi connectivity index (χ0) is 30.4. The van der Waals surface area contributed by atoms with Crippen molar-refractivity contribution in [3.8, 4) is 5.75 Å². The maximum absolute atomic E-state index is 14.3. The summed E-state index contributed by atoms with van der Waals surface area (Å²) in [7, 11) is 1.16. The van der Waals surface area contributed by atoms with E-state index in [2.05, 4.69) is 10.3 Å². The minimum Gasteiger partial charge on any atom is -0.487 e. The maximum Gasteiger partial charge on any atom is 0.435 e. The van der Waals surface area contributed by atoms with Crippen LogP contribution < -0.4 is 4.74 Å². The molecular formula is C29H36F3N5O5. The number of aliphatic carboxylic acids is 1. The predicted octanol–water partition coefficient (Wildman–Crippen LogP) is 4.05. The summed E-state index contributed by atoms with van der Waals surface area (Å²) in [4.78, 5) is 42.7. The largest absolute Gasteiger partial charge is 0.487 e. The normalized spacial score (nSPS) is 24.6. The molecule has 2 fully saturated rings. The number of hydrogen-bond acceptors (Lipinski definition) is 6. The number of carboxylic acid groups (broad SMARTS) is 1. The lowest BCUT2D eigenvalue weighted by molar-refractivity contribution is -0.162. The van der Waals surface area contributed by atoms with Gasteiger partial charge in [-0.1, -0.05) is 24.1 Å². The fourth-order valence-electron chi connectivity index (χ4n) is 6.85. The van der Waals surface area contributed by atoms with E-state index < -0.39 is 41.8 Å². The third kappa shape index (κ3) is 5.33. The van der Waals surface area contributed by atoms with E-state index in [0.717, 1.165) is 31.0 Å². The fraction of sp³-hybridized carbons (Fsp3) is 0.621. The van der Waals surface area contributed by atoms with Crippen molar-refractivity contribution < 1.29 is 37.4 Å². The van der Waals surface area contributed by atoms with Crippen molar-refractivity contribution in [2.24, 2.45) is 18.4 Å². The summed E-state index contributed by atoms with van der Waals surface area (Å²) in [5.74, 6) is -1.75. The zero-order valence-corrected chi connectivity index (χ0v) is 24.0. The molecule has 2 amide bonds. The van der Waals surface area contributed by atoms with E-state index in [4.69, 9.17) is 4.74 Å². The molecule has 2 aromatic rings. The second-order valence-electron chi connectivity index (χ2n) is 11.8. The summed E-state index contributed by atoms with van der Waals surface area (Å²) in [6.45, 7) is 4.10. The number of carbonyl (C=O) groups excluding carboxylic acids is 2. The Labute approximate surface area is 241 Å². The molecule has 13 heteroatoms. The Bertz CT molecular complexity index is 1390. The van der Waals surface area contributed by atoms with Gasteiger partial charge in [-0.3, -0.25) is 14.4 Å². The highest BCUT2D eigenvalue weighted by atomic mass is 19.4. The number of ether oxygens (including phenoxy) is 1. The zero-order valence-electron chi connectivity index (χ0n) is 24.0. The molecule has 10 nitrogen and oxygen atoms in total. The second-order valence-corrected chi connectivity index (χ2v) is 11.8. The molecule has 1 saturated carbocycles. The average molecular weight is 592 g/mol. The lowest BCUT2D eigenvalue weighted by Gasteiger charge is -2.45. The third-order valence-corrected chi connectivity index (χ3v) is 9.24. The van der Waals surface area contributed by atoms with Gasteiger partial charge in [-0.05, 0) is 56.7 Å². The molecule has 3 aliphatic rings. The van der Waals surface area contributed by atoms with Gasteiger partial charge in [-0.2, -0.15) is 13.2 Å². The molecule has 1 N–H and O–H groups in total. The standard InChI is InChI=1S/C29H36F3N5O5/c1-17-9-10-22(42-16-20-25(29(30,31)32)35(3)34-33-20)24-18(17)11-14-37(21(24)15-36-13-6-8-23(36)38)26(39)19-7-4-5-12-28(19,2)27(40)41/h9-10,19,21H,4-8,11-16H2,1-3H3,(H,40,41)/t19-,21+,28-/m0/s1.